The molecule has 19 nitrogen and oxygen atoms in total. The molecule has 3 fully saturated rings. The summed E-state index contributed by atoms with van der Waals surface area (Å²) in [5.41, 5.74) is 0. The van der Waals surface area contributed by atoms with E-state index in [0.717, 1.165) is 103 Å². The van der Waals surface area contributed by atoms with E-state index in [9.17, 15) is 61.0 Å². The first-order valence-electron chi connectivity index (χ1n) is 30.6. The second-order valence-electron chi connectivity index (χ2n) is 21.4. The SMILES string of the molecule is CC/C=C\C/C=C\C/C=C\C/C=C\C/C=C\C/C=C\CCCCCCCCC(=O)NC(COC1OC(CO)C(OC2OC(CO)C(OC3OC(CO)C(O)C(O)C3O)C(O)C2O)C(O)C1O)C(O)/C=C/CC/C=C/CC/C=C/CCCCC. The van der Waals surface area contributed by atoms with E-state index in [1.54, 1.807) is 6.08 Å². The topological polar surface area (TPSA) is 307 Å². The Balaban J connectivity index is 1.48. The molecule has 17 atom stereocenters. The van der Waals surface area contributed by atoms with Crippen LogP contribution in [-0.4, -0.2) is 193 Å². The lowest BCUT2D eigenvalue weighted by atomic mass is 9.96. The molecule has 12 N–H and O–H groups in total. The maximum atomic E-state index is 13.3. The Hall–Kier alpha value is -3.55. The van der Waals surface area contributed by atoms with Crippen LogP contribution in [0.25, 0.3) is 0 Å². The zero-order chi connectivity index (χ0) is 60.5. The first-order valence-corrected chi connectivity index (χ1v) is 30.6. The summed E-state index contributed by atoms with van der Waals surface area (Å²) in [4.78, 5) is 13.3. The van der Waals surface area contributed by atoms with E-state index in [1.165, 1.54) is 19.3 Å². The van der Waals surface area contributed by atoms with Crippen molar-refractivity contribution in [3.63, 3.8) is 0 Å². The highest BCUT2D eigenvalue weighted by atomic mass is 16.8. The molecular weight excluding hydrogens is 1070 g/mol. The number of unbranched alkanes of at least 4 members (excludes halogenated alkanes) is 11. The summed E-state index contributed by atoms with van der Waals surface area (Å²) in [7, 11) is 0. The van der Waals surface area contributed by atoms with Gasteiger partial charge in [-0.05, 0) is 96.3 Å². The second-order valence-corrected chi connectivity index (χ2v) is 21.4. The van der Waals surface area contributed by atoms with Crippen molar-refractivity contribution in [2.75, 3.05) is 26.4 Å². The first kappa shape index (κ1) is 73.7. The van der Waals surface area contributed by atoms with Gasteiger partial charge in [0.1, 0.15) is 73.2 Å². The van der Waals surface area contributed by atoms with Crippen molar-refractivity contribution in [1.29, 1.82) is 0 Å². The summed E-state index contributed by atoms with van der Waals surface area (Å²) in [6.45, 7) is 1.50. The largest absolute Gasteiger partial charge is 0.394 e. The number of nitrogens with one attached hydrogen (secondary N) is 1. The van der Waals surface area contributed by atoms with Gasteiger partial charge in [0.15, 0.2) is 18.9 Å². The number of rotatable bonds is 43. The molecule has 0 aromatic rings. The Bertz CT molecular complexity index is 1930. The van der Waals surface area contributed by atoms with Gasteiger partial charge in [-0.1, -0.05) is 162 Å². The quantitative estimate of drug-likeness (QED) is 0.0249. The monoisotopic (exact) mass is 1180 g/mol. The van der Waals surface area contributed by atoms with Crippen molar-refractivity contribution in [2.45, 2.75) is 259 Å². The van der Waals surface area contributed by atoms with Crippen LogP contribution in [0.1, 0.15) is 155 Å². The predicted octanol–water partition coefficient (Wildman–Crippen LogP) is 5.92. The molecule has 3 saturated heterocycles. The number of hydrogen-bond acceptors (Lipinski definition) is 18. The molecule has 0 aromatic heterocycles. The number of ether oxygens (including phenoxy) is 6. The van der Waals surface area contributed by atoms with Crippen molar-refractivity contribution >= 4 is 5.91 Å². The van der Waals surface area contributed by atoms with Gasteiger partial charge in [0.25, 0.3) is 0 Å². The highest BCUT2D eigenvalue weighted by molar-refractivity contribution is 5.76. The molecule has 3 aliphatic rings. The third-order valence-corrected chi connectivity index (χ3v) is 14.5. The van der Waals surface area contributed by atoms with Gasteiger partial charge in [-0.25, -0.2) is 0 Å². The maximum absolute atomic E-state index is 13.3. The Morgan fingerprint density at radius 3 is 1.35 bits per heavy atom. The molecule has 474 valence electrons. The van der Waals surface area contributed by atoms with Crippen LogP contribution < -0.4 is 5.32 Å². The van der Waals surface area contributed by atoms with Gasteiger partial charge in [-0.2, -0.15) is 0 Å². The van der Waals surface area contributed by atoms with Gasteiger partial charge in [0.2, 0.25) is 5.91 Å². The minimum absolute atomic E-state index is 0.207. The summed E-state index contributed by atoms with van der Waals surface area (Å²) in [6.07, 6.45) is 32.1. The fourth-order valence-electron chi connectivity index (χ4n) is 9.52. The van der Waals surface area contributed by atoms with Crippen LogP contribution in [0.5, 0.6) is 0 Å². The van der Waals surface area contributed by atoms with E-state index >= 15 is 0 Å². The van der Waals surface area contributed by atoms with Crippen LogP contribution in [0.15, 0.2) is 109 Å². The van der Waals surface area contributed by atoms with E-state index in [-0.39, 0.29) is 18.9 Å². The van der Waals surface area contributed by atoms with Crippen molar-refractivity contribution in [3.8, 4) is 0 Å². The van der Waals surface area contributed by atoms with E-state index in [0.29, 0.717) is 12.8 Å². The molecule has 0 aromatic carbocycles. The van der Waals surface area contributed by atoms with Crippen LogP contribution in [0, 0.1) is 0 Å². The highest BCUT2D eigenvalue weighted by Crippen LogP contribution is 2.33. The molecule has 3 heterocycles. The molecule has 0 radical (unpaired) electrons. The van der Waals surface area contributed by atoms with Gasteiger partial charge in [0, 0.05) is 6.42 Å². The van der Waals surface area contributed by atoms with Crippen molar-refractivity contribution < 1.29 is 89.4 Å². The molecule has 1 amide bonds. The van der Waals surface area contributed by atoms with Crippen LogP contribution >= 0.6 is 0 Å². The maximum Gasteiger partial charge on any atom is 0.220 e. The highest BCUT2D eigenvalue weighted by Gasteiger charge is 2.53. The fraction of sp³-hybridized carbons (Fsp3) is 0.703. The van der Waals surface area contributed by atoms with Crippen molar-refractivity contribution in [1.82, 2.24) is 5.32 Å². The van der Waals surface area contributed by atoms with Crippen molar-refractivity contribution in [3.05, 3.63) is 109 Å². The lowest BCUT2D eigenvalue weighted by molar-refractivity contribution is -0.379. The first-order chi connectivity index (χ1) is 40.3. The predicted molar refractivity (Wildman–Crippen MR) is 318 cm³/mol. The minimum Gasteiger partial charge on any atom is -0.394 e. The Kier molecular flexibility index (Phi) is 40.6. The molecule has 3 rings (SSSR count). The number of allylic oxidation sites excluding steroid dienone is 17. The number of aliphatic hydroxyl groups excluding tert-OH is 11. The lowest BCUT2D eigenvalue weighted by Gasteiger charge is -2.48. The number of carbonyl (C=O) groups excluding carboxylic acids is 1. The molecule has 83 heavy (non-hydrogen) atoms. The van der Waals surface area contributed by atoms with Gasteiger partial charge in [0.05, 0.1) is 38.6 Å². The lowest BCUT2D eigenvalue weighted by Crippen LogP contribution is -2.66. The zero-order valence-corrected chi connectivity index (χ0v) is 49.4. The second kappa shape index (κ2) is 45.7. The zero-order valence-electron chi connectivity index (χ0n) is 49.4. The van der Waals surface area contributed by atoms with Gasteiger partial charge < -0.3 is 89.9 Å². The standard InChI is InChI=1S/C64H105NO18/c1-3-5-7-9-11-13-15-17-18-19-20-21-22-23-24-25-26-27-28-30-32-34-36-38-40-42-52(70)65-47(48(69)41-39-37-35-33-31-29-16-14-12-10-8-6-4-2)46-78-62-58(76)55(73)60(50(44-67)80-62)83-64-59(77)56(74)61(51(45-68)81-64)82-63-57(75)54(72)53(71)49(43-66)79-63/h5,7,11-14,17-18,20-21,23-24,26-27,31,33,39,41,47-51,53-64,66-69,71-77H,3-4,6,8-10,15-16,19,22,25,28-30,32,34-38,40,42-46H2,1-2H3,(H,65,70)/b7-5-,13-11-,14-12+,18-17-,21-20-,24-23-,27-26-,33-31+,41-39+. The number of carbonyl (C=O) groups is 1. The summed E-state index contributed by atoms with van der Waals surface area (Å²) in [6, 6.07) is -1.01. The molecule has 0 bridgehead atoms. The molecule has 19 heteroatoms. The number of aliphatic hydroxyl groups is 11. The van der Waals surface area contributed by atoms with Crippen LogP contribution in [0.4, 0.5) is 0 Å². The molecule has 0 saturated carbocycles. The van der Waals surface area contributed by atoms with E-state index in [2.05, 4.69) is 116 Å². The average molecular weight is 1180 g/mol. The average Bonchev–Trinajstić information content (AvgIpc) is 3.57. The van der Waals surface area contributed by atoms with Gasteiger partial charge >= 0.3 is 0 Å². The molecule has 3 aliphatic heterocycles. The number of amides is 1. The summed E-state index contributed by atoms with van der Waals surface area (Å²) < 4.78 is 34.2. The smallest absolute Gasteiger partial charge is 0.220 e. The molecule has 0 aliphatic carbocycles. The molecule has 17 unspecified atom stereocenters. The van der Waals surface area contributed by atoms with Crippen LogP contribution in [0.2, 0.25) is 0 Å². The Morgan fingerprint density at radius 1 is 0.446 bits per heavy atom. The minimum atomic E-state index is -1.99. The summed E-state index contributed by atoms with van der Waals surface area (Å²) in [5.74, 6) is -0.312. The molecular formula is C64H105NO18. The van der Waals surface area contributed by atoms with E-state index < -0.39 is 124 Å². The number of hydrogen-bond donors (Lipinski definition) is 12. The van der Waals surface area contributed by atoms with Crippen molar-refractivity contribution in [2.24, 2.45) is 0 Å². The third kappa shape index (κ3) is 29.1. The normalized spacial score (nSPS) is 30.2. The molecule has 0 spiro atoms. The van der Waals surface area contributed by atoms with Gasteiger partial charge in [-0.3, -0.25) is 4.79 Å². The van der Waals surface area contributed by atoms with Gasteiger partial charge in [-0.15, -0.1) is 0 Å². The Labute approximate surface area is 494 Å². The third-order valence-electron chi connectivity index (χ3n) is 14.5. The fourth-order valence-corrected chi connectivity index (χ4v) is 9.52. The summed E-state index contributed by atoms with van der Waals surface area (Å²) >= 11 is 0. The van der Waals surface area contributed by atoms with Crippen LogP contribution in [-0.2, 0) is 33.2 Å². The van der Waals surface area contributed by atoms with E-state index in [1.807, 2.05) is 6.08 Å². The van der Waals surface area contributed by atoms with Crippen LogP contribution in [0.3, 0.4) is 0 Å². The van der Waals surface area contributed by atoms with E-state index in [4.69, 9.17) is 28.4 Å². The summed E-state index contributed by atoms with van der Waals surface area (Å²) in [5, 5.41) is 120. The Morgan fingerprint density at radius 2 is 0.843 bits per heavy atom.